The van der Waals surface area contributed by atoms with E-state index in [1.807, 2.05) is 0 Å². The number of benzene rings is 2. The summed E-state index contributed by atoms with van der Waals surface area (Å²) in [6, 6.07) is 6.71. The van der Waals surface area contributed by atoms with Crippen molar-refractivity contribution in [3.63, 3.8) is 0 Å². The highest BCUT2D eigenvalue weighted by Gasteiger charge is 2.49. The Kier molecular flexibility index (Phi) is 11.6. The van der Waals surface area contributed by atoms with Crippen molar-refractivity contribution in [1.82, 2.24) is 15.6 Å². The number of nitrogens with zero attached hydrogens (tertiary/aromatic N) is 1. The van der Waals surface area contributed by atoms with E-state index in [-0.39, 0.29) is 65.5 Å². The molecule has 3 aromatic rings. The van der Waals surface area contributed by atoms with Crippen LogP contribution >= 0.6 is 0 Å². The molecule has 1 aromatic heterocycles. The molecule has 3 rings (SSSR count). The molecule has 15 heteroatoms. The summed E-state index contributed by atoms with van der Waals surface area (Å²) < 4.78 is 75.7. The second kappa shape index (κ2) is 15.0. The Balaban J connectivity index is 2.04. The topological polar surface area (TPSA) is 155 Å². The number of primary amides is 1. The van der Waals surface area contributed by atoms with E-state index in [1.54, 1.807) is 20.8 Å². The number of unbranched alkanes of at least 4 members (excludes halogenated alkanes) is 1. The summed E-state index contributed by atoms with van der Waals surface area (Å²) in [4.78, 5) is 41.3. The fourth-order valence-electron chi connectivity index (χ4n) is 4.23. The van der Waals surface area contributed by atoms with Crippen molar-refractivity contribution < 1.29 is 50.6 Å². The molecule has 0 bridgehead atoms. The van der Waals surface area contributed by atoms with Crippen molar-refractivity contribution in [2.24, 2.45) is 11.1 Å². The lowest BCUT2D eigenvalue weighted by Gasteiger charge is -2.38. The molecule has 11 nitrogen and oxygen atoms in total. The number of hydrogen-bond acceptors (Lipinski definition) is 8. The predicted molar refractivity (Wildman–Crippen MR) is 157 cm³/mol. The normalized spacial score (nSPS) is 12.7. The van der Waals surface area contributed by atoms with Crippen molar-refractivity contribution in [1.29, 1.82) is 0 Å². The predicted octanol–water partition coefficient (Wildman–Crippen LogP) is 5.80. The van der Waals surface area contributed by atoms with E-state index in [0.29, 0.717) is 18.9 Å². The van der Waals surface area contributed by atoms with Crippen molar-refractivity contribution in [2.45, 2.75) is 65.7 Å². The summed E-state index contributed by atoms with van der Waals surface area (Å²) in [5.74, 6) is -3.48. The van der Waals surface area contributed by atoms with Gasteiger partial charge in [-0.05, 0) is 44.0 Å². The van der Waals surface area contributed by atoms with Crippen molar-refractivity contribution >= 4 is 17.9 Å². The molecule has 3 amide bonds. The van der Waals surface area contributed by atoms with Crippen molar-refractivity contribution in [3.05, 3.63) is 65.1 Å². The Morgan fingerprint density at radius 2 is 1.74 bits per heavy atom. The molecule has 0 spiro atoms. The summed E-state index contributed by atoms with van der Waals surface area (Å²) in [5.41, 5.74) is 2.57. The third kappa shape index (κ3) is 8.88. The van der Waals surface area contributed by atoms with E-state index >= 15 is 0 Å². The fraction of sp³-hybridized carbons (Fsp3) is 0.419. The molecule has 0 aliphatic carbocycles. The van der Waals surface area contributed by atoms with E-state index in [4.69, 9.17) is 19.6 Å². The average Bonchev–Trinajstić information content (AvgIpc) is 3.42. The number of rotatable bonds is 14. The first-order valence-electron chi connectivity index (χ1n) is 14.2. The van der Waals surface area contributed by atoms with Crippen LogP contribution in [0.15, 0.2) is 40.8 Å². The lowest BCUT2D eigenvalue weighted by Crippen LogP contribution is -2.44. The summed E-state index contributed by atoms with van der Waals surface area (Å²) in [7, 11) is 1.51. The second-order valence-corrected chi connectivity index (χ2v) is 11.3. The zero-order chi connectivity index (χ0) is 34.2. The number of amides is 3. The number of aromatic nitrogens is 1. The molecule has 0 fully saturated rings. The van der Waals surface area contributed by atoms with Crippen molar-refractivity contribution in [3.8, 4) is 23.0 Å². The van der Waals surface area contributed by atoms with Crippen LogP contribution in [0.3, 0.4) is 0 Å². The zero-order valence-corrected chi connectivity index (χ0v) is 26.0. The Hall–Kier alpha value is -4.82. The fourth-order valence-corrected chi connectivity index (χ4v) is 4.23. The molecule has 1 heterocycles. The standard InChI is InChI=1S/C31H36F4N4O7/c1-30(2,3)31(4,46-29(36)42)25-24(26(41)38-16-18-9-11-19(32)15-20(18)33)39-27(45-25)17-10-12-21(44-28(34)35)22(14-17)43-13-7-6-8-23(40)37-5/h9-12,14-15,28H,6-8,13,16H2,1-5H3,(H2,36,42)(H,37,40)(H,38,41). The minimum atomic E-state index is -3.16. The Morgan fingerprint density at radius 1 is 1.02 bits per heavy atom. The molecule has 0 aliphatic rings. The first kappa shape index (κ1) is 35.7. The van der Waals surface area contributed by atoms with Crippen LogP contribution < -0.4 is 25.8 Å². The quantitative estimate of drug-likeness (QED) is 0.146. The van der Waals surface area contributed by atoms with E-state index < -0.39 is 41.3 Å². The number of nitrogens with two attached hydrogens (primary N) is 1. The summed E-state index contributed by atoms with van der Waals surface area (Å²) in [6.45, 7) is 3.09. The van der Waals surface area contributed by atoms with Gasteiger partial charge in [0.05, 0.1) is 6.61 Å². The minimum absolute atomic E-state index is 0.0151. The number of ether oxygens (including phenoxy) is 3. The van der Waals surface area contributed by atoms with E-state index in [1.165, 1.54) is 38.2 Å². The van der Waals surface area contributed by atoms with Gasteiger partial charge in [-0.2, -0.15) is 8.78 Å². The van der Waals surface area contributed by atoms with Gasteiger partial charge in [-0.3, -0.25) is 9.59 Å². The van der Waals surface area contributed by atoms with E-state index in [9.17, 15) is 31.9 Å². The van der Waals surface area contributed by atoms with Gasteiger partial charge in [-0.1, -0.05) is 26.8 Å². The maximum Gasteiger partial charge on any atom is 0.405 e. The Bertz CT molecular complexity index is 1560. The largest absolute Gasteiger partial charge is 0.490 e. The molecule has 0 saturated heterocycles. The summed E-state index contributed by atoms with van der Waals surface area (Å²) >= 11 is 0. The number of alkyl halides is 2. The van der Waals surface area contributed by atoms with Crippen LogP contribution in [0, 0.1) is 17.0 Å². The highest BCUT2D eigenvalue weighted by molar-refractivity contribution is 5.94. The molecule has 0 aliphatic heterocycles. The van der Waals surface area contributed by atoms with Gasteiger partial charge in [0.2, 0.25) is 11.8 Å². The van der Waals surface area contributed by atoms with Gasteiger partial charge in [0.1, 0.15) is 11.6 Å². The van der Waals surface area contributed by atoms with Crippen LogP contribution in [0.5, 0.6) is 11.5 Å². The Labute approximate surface area is 262 Å². The van der Waals surface area contributed by atoms with E-state index in [2.05, 4.69) is 20.4 Å². The van der Waals surface area contributed by atoms with Gasteiger partial charge < -0.3 is 35.0 Å². The second-order valence-electron chi connectivity index (χ2n) is 11.3. The zero-order valence-electron chi connectivity index (χ0n) is 26.0. The number of oxazole rings is 1. The third-order valence-corrected chi connectivity index (χ3v) is 7.21. The molecule has 1 atom stereocenters. The monoisotopic (exact) mass is 652 g/mol. The minimum Gasteiger partial charge on any atom is -0.490 e. The summed E-state index contributed by atoms with van der Waals surface area (Å²) in [6.07, 6.45) is -0.0325. The number of carbonyl (C=O) groups is 3. The molecule has 1 unspecified atom stereocenters. The number of hydrogen-bond donors (Lipinski definition) is 3. The highest BCUT2D eigenvalue weighted by Crippen LogP contribution is 2.45. The van der Waals surface area contributed by atoms with Crippen LogP contribution in [0.2, 0.25) is 0 Å². The number of halogens is 4. The van der Waals surface area contributed by atoms with Crippen LogP contribution in [0.1, 0.15) is 68.8 Å². The molecule has 4 N–H and O–H groups in total. The maximum absolute atomic E-state index is 14.2. The molecule has 2 aromatic carbocycles. The van der Waals surface area contributed by atoms with Gasteiger partial charge in [0, 0.05) is 42.6 Å². The average molecular weight is 653 g/mol. The third-order valence-electron chi connectivity index (χ3n) is 7.21. The van der Waals surface area contributed by atoms with Crippen LogP contribution in [-0.4, -0.2) is 43.2 Å². The molecule has 0 saturated carbocycles. The van der Waals surface area contributed by atoms with Gasteiger partial charge in [0.15, 0.2) is 28.6 Å². The number of carbonyl (C=O) groups excluding carboxylic acids is 3. The lowest BCUT2D eigenvalue weighted by molar-refractivity contribution is -0.120. The first-order chi connectivity index (χ1) is 21.5. The summed E-state index contributed by atoms with van der Waals surface area (Å²) in [5, 5.41) is 5.00. The van der Waals surface area contributed by atoms with Crippen LogP contribution in [-0.2, 0) is 21.7 Å². The Morgan fingerprint density at radius 3 is 2.35 bits per heavy atom. The van der Waals surface area contributed by atoms with Crippen LogP contribution in [0.25, 0.3) is 11.5 Å². The SMILES string of the molecule is CNC(=O)CCCCOc1cc(-c2nc(C(=O)NCc3ccc(F)cc3F)c(C(C)(OC(N)=O)C(C)(C)C)o2)ccc1OC(F)F. The lowest BCUT2D eigenvalue weighted by atomic mass is 9.75. The maximum atomic E-state index is 14.2. The molecular weight excluding hydrogens is 616 g/mol. The highest BCUT2D eigenvalue weighted by atomic mass is 19.3. The van der Waals surface area contributed by atoms with Gasteiger partial charge in [-0.25, -0.2) is 18.6 Å². The van der Waals surface area contributed by atoms with E-state index in [0.717, 1.165) is 6.07 Å². The van der Waals surface area contributed by atoms with Gasteiger partial charge in [-0.15, -0.1) is 0 Å². The van der Waals surface area contributed by atoms with Crippen molar-refractivity contribution in [2.75, 3.05) is 13.7 Å². The molecule has 0 radical (unpaired) electrons. The smallest absolute Gasteiger partial charge is 0.405 e. The first-order valence-corrected chi connectivity index (χ1v) is 14.2. The molecule has 250 valence electrons. The van der Waals surface area contributed by atoms with Gasteiger partial charge in [0.25, 0.3) is 5.91 Å². The molecule has 46 heavy (non-hydrogen) atoms. The number of nitrogens with one attached hydrogen (secondary N) is 2. The molecular formula is C31H36F4N4O7. The van der Waals surface area contributed by atoms with Crippen LogP contribution in [0.4, 0.5) is 22.4 Å². The van der Waals surface area contributed by atoms with Gasteiger partial charge >= 0.3 is 12.7 Å².